The molecule has 0 saturated carbocycles. The number of ketones is 2. The van der Waals surface area contributed by atoms with Crippen LogP contribution in [0.3, 0.4) is 0 Å². The zero-order chi connectivity index (χ0) is 23.5. The molecule has 0 aromatic heterocycles. The summed E-state index contributed by atoms with van der Waals surface area (Å²) >= 11 is 0. The number of hydrogen-bond donors (Lipinski definition) is 0. The van der Waals surface area contributed by atoms with E-state index in [0.717, 1.165) is 55.7 Å². The topological polar surface area (TPSA) is 34.1 Å². The summed E-state index contributed by atoms with van der Waals surface area (Å²) in [5.41, 5.74) is 12.7. The number of benzene rings is 2. The van der Waals surface area contributed by atoms with Crippen LogP contribution in [0.1, 0.15) is 119 Å². The number of fused-ring (bicyclic) bond motifs is 2. The zero-order valence-electron chi connectivity index (χ0n) is 20.4. The predicted molar refractivity (Wildman–Crippen MR) is 135 cm³/mol. The molecular weight excluding hydrogens is 392 g/mol. The molecule has 0 atom stereocenters. The van der Waals surface area contributed by atoms with Crippen molar-refractivity contribution in [1.82, 2.24) is 0 Å². The Kier molecular flexibility index (Phi) is 5.45. The fourth-order valence-corrected chi connectivity index (χ4v) is 5.23. The average Bonchev–Trinajstić information content (AvgIpc) is 3.16. The second-order valence-electron chi connectivity index (χ2n) is 9.88. The van der Waals surface area contributed by atoms with Gasteiger partial charge in [0.1, 0.15) is 0 Å². The van der Waals surface area contributed by atoms with Gasteiger partial charge in [0.15, 0.2) is 11.6 Å². The van der Waals surface area contributed by atoms with Gasteiger partial charge in [-0.15, -0.1) is 0 Å². The van der Waals surface area contributed by atoms with Crippen LogP contribution in [0.4, 0.5) is 0 Å². The Morgan fingerprint density at radius 3 is 1.28 bits per heavy atom. The molecule has 0 amide bonds. The minimum Gasteiger partial charge on any atom is -0.289 e. The number of rotatable bonds is 4. The fourth-order valence-electron chi connectivity index (χ4n) is 5.23. The average molecular weight is 425 g/mol. The quantitative estimate of drug-likeness (QED) is 0.467. The van der Waals surface area contributed by atoms with Crippen molar-refractivity contribution in [1.29, 1.82) is 0 Å². The van der Waals surface area contributed by atoms with E-state index in [2.05, 4.69) is 65.8 Å². The fraction of sp³-hybridized carbons (Fsp3) is 0.333. The molecule has 2 heteroatoms. The molecule has 2 aliphatic carbocycles. The molecule has 0 fully saturated rings. The molecule has 2 aromatic rings. The van der Waals surface area contributed by atoms with Gasteiger partial charge in [0.05, 0.1) is 0 Å². The lowest BCUT2D eigenvalue weighted by Crippen LogP contribution is -2.05. The summed E-state index contributed by atoms with van der Waals surface area (Å²) in [6.07, 6.45) is 7.81. The van der Waals surface area contributed by atoms with Crippen LogP contribution < -0.4 is 0 Å². The first-order valence-corrected chi connectivity index (χ1v) is 11.5. The number of hydrogen-bond acceptors (Lipinski definition) is 2. The van der Waals surface area contributed by atoms with Crippen molar-refractivity contribution in [3.8, 4) is 0 Å². The highest BCUT2D eigenvalue weighted by Gasteiger charge is 2.26. The summed E-state index contributed by atoms with van der Waals surface area (Å²) < 4.78 is 0. The summed E-state index contributed by atoms with van der Waals surface area (Å²) in [6, 6.07) is 4.39. The minimum atomic E-state index is 0.101. The van der Waals surface area contributed by atoms with Gasteiger partial charge < -0.3 is 0 Å². The third-order valence-electron chi connectivity index (χ3n) is 7.02. The van der Waals surface area contributed by atoms with E-state index < -0.39 is 0 Å². The third kappa shape index (κ3) is 3.33. The maximum atomic E-state index is 12.7. The number of carbonyl (C=O) groups is 2. The summed E-state index contributed by atoms with van der Waals surface area (Å²) in [7, 11) is 0. The van der Waals surface area contributed by atoms with Crippen molar-refractivity contribution in [2.75, 3.05) is 0 Å². The normalized spacial score (nSPS) is 15.2. The van der Waals surface area contributed by atoms with E-state index in [0.29, 0.717) is 11.8 Å². The highest BCUT2D eigenvalue weighted by molar-refractivity contribution is 6.18. The summed E-state index contributed by atoms with van der Waals surface area (Å²) in [5, 5.41) is 0. The lowest BCUT2D eigenvalue weighted by Gasteiger charge is -2.19. The molecule has 0 N–H and O–H groups in total. The highest BCUT2D eigenvalue weighted by Crippen LogP contribution is 2.39. The Morgan fingerprint density at radius 2 is 0.969 bits per heavy atom. The molecule has 32 heavy (non-hydrogen) atoms. The lowest BCUT2D eigenvalue weighted by atomic mass is 9.84. The first-order chi connectivity index (χ1) is 15.0. The van der Waals surface area contributed by atoms with Crippen LogP contribution in [0, 0.1) is 13.8 Å². The molecule has 0 aliphatic heterocycles. The molecular formula is C30H32O2. The SMILES string of the molecule is CC1=CC(=O)c2c1cc(C(C)C)c(C=Cc1c(C(C)C)cc3c(c1C)C(=O)C=C3C)c2C. The molecule has 0 spiro atoms. The zero-order valence-corrected chi connectivity index (χ0v) is 20.4. The Hall–Kier alpha value is -3.00. The number of allylic oxidation sites excluding steroid dienone is 4. The standard InChI is InChI=1S/C30H32O2/c1-15(2)23-13-25-17(5)11-27(31)29(25)19(7)21(23)9-10-22-20(8)30-26(14-24(22)16(3)4)18(6)12-28(30)32/h9-16H,1-8H3. The van der Waals surface area contributed by atoms with Crippen LogP contribution in [-0.4, -0.2) is 11.6 Å². The van der Waals surface area contributed by atoms with Crippen molar-refractivity contribution in [3.05, 3.63) is 79.9 Å². The van der Waals surface area contributed by atoms with Crippen LogP contribution in [0.25, 0.3) is 23.3 Å². The van der Waals surface area contributed by atoms with E-state index >= 15 is 0 Å². The molecule has 2 aliphatic rings. The molecule has 164 valence electrons. The largest absolute Gasteiger partial charge is 0.289 e. The van der Waals surface area contributed by atoms with Gasteiger partial charge >= 0.3 is 0 Å². The van der Waals surface area contributed by atoms with Crippen molar-refractivity contribution < 1.29 is 9.59 Å². The Morgan fingerprint density at radius 1 is 0.625 bits per heavy atom. The maximum Gasteiger partial charge on any atom is 0.187 e. The van der Waals surface area contributed by atoms with Crippen LogP contribution in [0.2, 0.25) is 0 Å². The summed E-state index contributed by atoms with van der Waals surface area (Å²) in [4.78, 5) is 25.3. The second kappa shape index (κ2) is 7.85. The molecule has 2 aromatic carbocycles. The van der Waals surface area contributed by atoms with Crippen LogP contribution in [-0.2, 0) is 0 Å². The molecule has 0 unspecified atom stereocenters. The van der Waals surface area contributed by atoms with E-state index in [1.807, 2.05) is 13.8 Å². The molecule has 0 saturated heterocycles. The second-order valence-corrected chi connectivity index (χ2v) is 9.88. The van der Waals surface area contributed by atoms with Gasteiger partial charge in [-0.1, -0.05) is 39.8 Å². The van der Waals surface area contributed by atoms with Gasteiger partial charge in [-0.05, 0) is 119 Å². The van der Waals surface area contributed by atoms with Crippen molar-refractivity contribution in [3.63, 3.8) is 0 Å². The summed E-state index contributed by atoms with van der Waals surface area (Å²) in [5.74, 6) is 0.870. The van der Waals surface area contributed by atoms with Crippen LogP contribution in [0.15, 0.2) is 24.3 Å². The van der Waals surface area contributed by atoms with E-state index in [9.17, 15) is 9.59 Å². The minimum absolute atomic E-state index is 0.101. The Labute approximate surface area is 191 Å². The Balaban J connectivity index is 1.92. The van der Waals surface area contributed by atoms with Gasteiger partial charge in [-0.25, -0.2) is 0 Å². The first-order valence-electron chi connectivity index (χ1n) is 11.5. The summed E-state index contributed by atoms with van der Waals surface area (Å²) in [6.45, 7) is 16.9. The van der Waals surface area contributed by atoms with Crippen molar-refractivity contribution >= 4 is 34.9 Å². The molecule has 2 nitrogen and oxygen atoms in total. The van der Waals surface area contributed by atoms with Crippen LogP contribution in [0.5, 0.6) is 0 Å². The van der Waals surface area contributed by atoms with E-state index in [4.69, 9.17) is 0 Å². The monoisotopic (exact) mass is 424 g/mol. The van der Waals surface area contributed by atoms with Gasteiger partial charge in [0, 0.05) is 11.1 Å². The van der Waals surface area contributed by atoms with Crippen molar-refractivity contribution in [2.45, 2.75) is 67.2 Å². The Bertz CT molecular complexity index is 1180. The van der Waals surface area contributed by atoms with Gasteiger partial charge in [0.2, 0.25) is 0 Å². The van der Waals surface area contributed by atoms with E-state index in [-0.39, 0.29) is 11.6 Å². The third-order valence-corrected chi connectivity index (χ3v) is 7.02. The molecule has 0 bridgehead atoms. The highest BCUT2D eigenvalue weighted by atomic mass is 16.1. The lowest BCUT2D eigenvalue weighted by molar-refractivity contribution is 0.104. The number of carbonyl (C=O) groups excluding carboxylic acids is 2. The predicted octanol–water partition coefficient (Wildman–Crippen LogP) is 7.92. The smallest absolute Gasteiger partial charge is 0.187 e. The first kappa shape index (κ1) is 22.2. The molecule has 0 radical (unpaired) electrons. The maximum absolute atomic E-state index is 12.7. The molecule has 4 rings (SSSR count). The van der Waals surface area contributed by atoms with E-state index in [1.165, 1.54) is 11.1 Å². The van der Waals surface area contributed by atoms with E-state index in [1.54, 1.807) is 12.2 Å². The van der Waals surface area contributed by atoms with Crippen molar-refractivity contribution in [2.24, 2.45) is 0 Å². The van der Waals surface area contributed by atoms with Gasteiger partial charge in [-0.2, -0.15) is 0 Å². The molecule has 0 heterocycles. The van der Waals surface area contributed by atoms with Gasteiger partial charge in [0.25, 0.3) is 0 Å². The van der Waals surface area contributed by atoms with Gasteiger partial charge in [-0.3, -0.25) is 9.59 Å². The van der Waals surface area contributed by atoms with Crippen LogP contribution >= 0.6 is 0 Å².